The molecule has 0 bridgehead atoms. The van der Waals surface area contributed by atoms with Gasteiger partial charge in [-0.3, -0.25) is 9.59 Å². The molecule has 4 aliphatic carbocycles. The fourth-order valence-corrected chi connectivity index (χ4v) is 7.69. The van der Waals surface area contributed by atoms with Crippen LogP contribution in [0.5, 0.6) is 0 Å². The van der Waals surface area contributed by atoms with E-state index in [-0.39, 0.29) is 85.7 Å². The maximum absolute atomic E-state index is 13.2. The predicted molar refractivity (Wildman–Crippen MR) is 132 cm³/mol. The summed E-state index contributed by atoms with van der Waals surface area (Å²) in [5.74, 6) is -0.523. The highest BCUT2D eigenvalue weighted by Crippen LogP contribution is 2.66. The largest absolute Gasteiger partial charge is 0.456 e. The predicted octanol–water partition coefficient (Wildman–Crippen LogP) is 2.24. The number of fused-ring (bicyclic) bond motifs is 5. The van der Waals surface area contributed by atoms with Crippen molar-refractivity contribution in [1.82, 2.24) is 0 Å². The van der Waals surface area contributed by atoms with Crippen molar-refractivity contribution in [1.29, 1.82) is 0 Å². The zero-order valence-electron chi connectivity index (χ0n) is 22.0. The molecule has 11 heteroatoms. The van der Waals surface area contributed by atoms with Gasteiger partial charge >= 0.3 is 5.97 Å². The molecule has 3 fully saturated rings. The summed E-state index contributed by atoms with van der Waals surface area (Å²) in [4.78, 5) is 51.4. The number of ether oxygens (including phenoxy) is 3. The number of carbonyl (C=O) groups is 3. The van der Waals surface area contributed by atoms with Crippen LogP contribution in [0.3, 0.4) is 0 Å². The first-order valence-corrected chi connectivity index (χ1v) is 13.3. The molecule has 0 spiro atoms. The number of aliphatic hydroxyl groups is 1. The van der Waals surface area contributed by atoms with Gasteiger partial charge in [0.1, 0.15) is 19.8 Å². The first-order valence-electron chi connectivity index (χ1n) is 13.3. The van der Waals surface area contributed by atoms with Gasteiger partial charge in [0.05, 0.1) is 25.9 Å². The number of hydrogen-bond donors (Lipinski definition) is 1. The quantitative estimate of drug-likeness (QED) is 0.170. The highest BCUT2D eigenvalue weighted by Gasteiger charge is 2.62. The van der Waals surface area contributed by atoms with Crippen molar-refractivity contribution in [2.45, 2.75) is 52.1 Å². The minimum atomic E-state index is -0.905. The summed E-state index contributed by atoms with van der Waals surface area (Å²) in [7, 11) is 0. The molecule has 0 aromatic rings. The Bertz CT molecular complexity index is 1010. The number of Topliss-reactive ketones (excluding diaryl/α,β-unsaturated/α-hetero) is 1. The SMILES string of the molecule is C[C@]12C=CC(=O)C=C1CCC1C2C(O)C[C@@]2(C)C1CC[C@@H]2C(=O)COC(=O)COCCOCCO[N+](=O)[O-]. The van der Waals surface area contributed by atoms with E-state index in [0.29, 0.717) is 12.8 Å². The van der Waals surface area contributed by atoms with Crippen LogP contribution < -0.4 is 0 Å². The van der Waals surface area contributed by atoms with Gasteiger partial charge in [0.15, 0.2) is 11.6 Å². The van der Waals surface area contributed by atoms with Gasteiger partial charge < -0.3 is 24.2 Å². The van der Waals surface area contributed by atoms with E-state index in [1.165, 1.54) is 0 Å². The third-order valence-electron chi connectivity index (χ3n) is 9.27. The average Bonchev–Trinajstić information content (AvgIpc) is 3.20. The fraction of sp³-hybridized carbons (Fsp3) is 0.741. The molecule has 0 heterocycles. The van der Waals surface area contributed by atoms with Gasteiger partial charge in [-0.1, -0.05) is 25.5 Å². The van der Waals surface area contributed by atoms with Crippen molar-refractivity contribution in [2.75, 3.05) is 39.6 Å². The molecule has 4 unspecified atom stereocenters. The minimum absolute atomic E-state index is 0.00571. The molecule has 0 amide bonds. The summed E-state index contributed by atoms with van der Waals surface area (Å²) < 4.78 is 15.4. The molecule has 0 saturated heterocycles. The fourth-order valence-electron chi connectivity index (χ4n) is 7.69. The summed E-state index contributed by atoms with van der Waals surface area (Å²) in [5, 5.41) is 20.5. The Hall–Kier alpha value is -2.63. The number of esters is 1. The number of nitrogens with zero attached hydrogens (tertiary/aromatic N) is 1. The average molecular weight is 536 g/mol. The molecule has 0 aliphatic heterocycles. The van der Waals surface area contributed by atoms with Gasteiger partial charge in [-0.15, -0.1) is 10.1 Å². The number of aliphatic hydroxyl groups excluding tert-OH is 1. The lowest BCUT2D eigenvalue weighted by molar-refractivity contribution is -0.758. The van der Waals surface area contributed by atoms with Crippen molar-refractivity contribution in [3.05, 3.63) is 33.9 Å². The van der Waals surface area contributed by atoms with E-state index in [0.717, 1.165) is 24.8 Å². The van der Waals surface area contributed by atoms with Crippen molar-refractivity contribution in [3.63, 3.8) is 0 Å². The van der Waals surface area contributed by atoms with Crippen LogP contribution in [-0.4, -0.2) is 73.5 Å². The Morgan fingerprint density at radius 1 is 1.11 bits per heavy atom. The number of carbonyl (C=O) groups excluding carboxylic acids is 3. The zero-order chi connectivity index (χ0) is 27.5. The maximum Gasteiger partial charge on any atom is 0.332 e. The number of rotatable bonds is 12. The monoisotopic (exact) mass is 535 g/mol. The van der Waals surface area contributed by atoms with Crippen LogP contribution >= 0.6 is 0 Å². The minimum Gasteiger partial charge on any atom is -0.456 e. The summed E-state index contributed by atoms with van der Waals surface area (Å²) in [5.41, 5.74) is 0.384. The zero-order valence-corrected chi connectivity index (χ0v) is 22.0. The van der Waals surface area contributed by atoms with Gasteiger partial charge in [-0.05, 0) is 61.5 Å². The first-order chi connectivity index (χ1) is 18.1. The lowest BCUT2D eigenvalue weighted by Crippen LogP contribution is -2.56. The smallest absolute Gasteiger partial charge is 0.332 e. The Morgan fingerprint density at radius 2 is 1.84 bits per heavy atom. The summed E-state index contributed by atoms with van der Waals surface area (Å²) in [6.45, 7) is 3.61. The van der Waals surface area contributed by atoms with Gasteiger partial charge in [0, 0.05) is 17.3 Å². The van der Waals surface area contributed by atoms with E-state index < -0.39 is 17.2 Å². The van der Waals surface area contributed by atoms with Crippen LogP contribution in [0.15, 0.2) is 23.8 Å². The summed E-state index contributed by atoms with van der Waals surface area (Å²) in [6, 6.07) is 0. The third-order valence-corrected chi connectivity index (χ3v) is 9.27. The molecule has 1 N–H and O–H groups in total. The standard InChI is InChI=1S/C27H37NO10/c1-26-8-7-18(29)13-17(26)3-4-19-20-5-6-21(27(20,2)14-22(30)25(19)26)23(31)15-37-24(32)16-36-10-9-35-11-12-38-28(33)34/h7-8,13,19-22,25,30H,3-6,9-12,14-16H2,1-2H3/t19?,20?,21-,22?,25?,26+,27+/m1/s1. The molecule has 4 aliphatic rings. The topological polar surface area (TPSA) is 152 Å². The Balaban J connectivity index is 1.26. The van der Waals surface area contributed by atoms with Crippen LogP contribution in [-0.2, 0) is 33.4 Å². The molecule has 0 aromatic carbocycles. The number of ketones is 2. The van der Waals surface area contributed by atoms with E-state index in [1.807, 2.05) is 6.08 Å². The molecule has 11 nitrogen and oxygen atoms in total. The lowest BCUT2D eigenvalue weighted by Gasteiger charge is -2.58. The molecule has 210 valence electrons. The van der Waals surface area contributed by atoms with E-state index >= 15 is 0 Å². The van der Waals surface area contributed by atoms with Crippen LogP contribution in [0.4, 0.5) is 0 Å². The molecule has 38 heavy (non-hydrogen) atoms. The van der Waals surface area contributed by atoms with Crippen molar-refractivity contribution in [3.8, 4) is 0 Å². The first kappa shape index (κ1) is 28.4. The molecular weight excluding hydrogens is 498 g/mol. The van der Waals surface area contributed by atoms with Crippen LogP contribution in [0.25, 0.3) is 0 Å². The molecule has 7 atom stereocenters. The molecular formula is C27H37NO10. The van der Waals surface area contributed by atoms with E-state index in [4.69, 9.17) is 14.2 Å². The molecule has 0 aromatic heterocycles. The van der Waals surface area contributed by atoms with Gasteiger partial charge in [-0.25, -0.2) is 4.79 Å². The van der Waals surface area contributed by atoms with Crippen molar-refractivity contribution < 1.29 is 43.6 Å². The second kappa shape index (κ2) is 11.6. The van der Waals surface area contributed by atoms with Gasteiger partial charge in [0.2, 0.25) is 0 Å². The second-order valence-electron chi connectivity index (χ2n) is 11.3. The summed E-state index contributed by atoms with van der Waals surface area (Å²) >= 11 is 0. The van der Waals surface area contributed by atoms with Crippen LogP contribution in [0.1, 0.15) is 46.0 Å². The van der Waals surface area contributed by atoms with Crippen molar-refractivity contribution in [2.24, 2.45) is 34.5 Å². The van der Waals surface area contributed by atoms with E-state index in [1.54, 1.807) is 12.2 Å². The molecule has 0 radical (unpaired) electrons. The van der Waals surface area contributed by atoms with Gasteiger partial charge in [0.25, 0.3) is 5.09 Å². The maximum atomic E-state index is 13.2. The third kappa shape index (κ3) is 5.69. The van der Waals surface area contributed by atoms with Crippen molar-refractivity contribution >= 4 is 17.5 Å². The Labute approximate surface area is 221 Å². The van der Waals surface area contributed by atoms with Gasteiger partial charge in [-0.2, -0.15) is 0 Å². The number of hydrogen-bond acceptors (Lipinski definition) is 10. The number of allylic oxidation sites excluding steroid dienone is 4. The van der Waals surface area contributed by atoms with Crippen LogP contribution in [0.2, 0.25) is 0 Å². The van der Waals surface area contributed by atoms with E-state index in [9.17, 15) is 29.6 Å². The molecule has 4 rings (SSSR count). The van der Waals surface area contributed by atoms with E-state index in [2.05, 4.69) is 18.7 Å². The Kier molecular flexibility index (Phi) is 8.68. The molecule has 3 saturated carbocycles. The summed E-state index contributed by atoms with van der Waals surface area (Å²) in [6.07, 6.45) is 8.55. The highest BCUT2D eigenvalue weighted by atomic mass is 17.0. The normalized spacial score (nSPS) is 35.5. The highest BCUT2D eigenvalue weighted by molar-refractivity contribution is 6.01. The van der Waals surface area contributed by atoms with Crippen LogP contribution in [0, 0.1) is 44.6 Å². The second-order valence-corrected chi connectivity index (χ2v) is 11.3. The lowest BCUT2D eigenvalue weighted by atomic mass is 9.46. The Morgan fingerprint density at radius 3 is 2.61 bits per heavy atom.